The highest BCUT2D eigenvalue weighted by Crippen LogP contribution is 2.23. The van der Waals surface area contributed by atoms with E-state index in [0.29, 0.717) is 17.5 Å². The summed E-state index contributed by atoms with van der Waals surface area (Å²) in [5.74, 6) is 0.624. The SMILES string of the molecule is Cc1cc(C)c(COc2cccnc2Cl)c(C)c1. The van der Waals surface area contributed by atoms with E-state index in [2.05, 4.69) is 37.9 Å². The van der Waals surface area contributed by atoms with Crippen LogP contribution in [0.5, 0.6) is 5.75 Å². The smallest absolute Gasteiger partial charge is 0.171 e. The average molecular weight is 262 g/mol. The maximum absolute atomic E-state index is 5.96. The van der Waals surface area contributed by atoms with E-state index in [9.17, 15) is 0 Å². The van der Waals surface area contributed by atoms with Gasteiger partial charge >= 0.3 is 0 Å². The molecule has 1 aromatic carbocycles. The molecule has 94 valence electrons. The van der Waals surface area contributed by atoms with E-state index in [0.717, 1.165) is 0 Å². The van der Waals surface area contributed by atoms with Crippen molar-refractivity contribution in [2.45, 2.75) is 27.4 Å². The van der Waals surface area contributed by atoms with Crippen LogP contribution in [0.25, 0.3) is 0 Å². The molecule has 0 fully saturated rings. The van der Waals surface area contributed by atoms with Gasteiger partial charge in [0.25, 0.3) is 0 Å². The number of benzene rings is 1. The van der Waals surface area contributed by atoms with E-state index in [1.54, 1.807) is 6.20 Å². The van der Waals surface area contributed by atoms with Crippen LogP contribution in [0.15, 0.2) is 30.5 Å². The molecule has 1 heterocycles. The molecule has 0 aliphatic heterocycles. The molecule has 0 amide bonds. The summed E-state index contributed by atoms with van der Waals surface area (Å²) in [7, 11) is 0. The topological polar surface area (TPSA) is 22.1 Å². The molecule has 2 aromatic rings. The second-order valence-electron chi connectivity index (χ2n) is 4.46. The summed E-state index contributed by atoms with van der Waals surface area (Å²) in [6.45, 7) is 6.82. The third-order valence-electron chi connectivity index (χ3n) is 2.94. The van der Waals surface area contributed by atoms with Crippen LogP contribution in [-0.4, -0.2) is 4.98 Å². The van der Waals surface area contributed by atoms with Crippen LogP contribution in [0, 0.1) is 20.8 Å². The summed E-state index contributed by atoms with van der Waals surface area (Å²) >= 11 is 5.96. The highest BCUT2D eigenvalue weighted by molar-refractivity contribution is 6.30. The van der Waals surface area contributed by atoms with Crippen molar-refractivity contribution in [2.24, 2.45) is 0 Å². The van der Waals surface area contributed by atoms with Gasteiger partial charge in [-0.3, -0.25) is 0 Å². The van der Waals surface area contributed by atoms with Crippen LogP contribution in [-0.2, 0) is 6.61 Å². The first-order valence-corrected chi connectivity index (χ1v) is 6.26. The van der Waals surface area contributed by atoms with E-state index in [1.807, 2.05) is 12.1 Å². The van der Waals surface area contributed by atoms with Crippen LogP contribution in [0.1, 0.15) is 22.3 Å². The summed E-state index contributed by atoms with van der Waals surface area (Å²) in [4.78, 5) is 3.99. The minimum absolute atomic E-state index is 0.403. The predicted octanol–water partition coefficient (Wildman–Crippen LogP) is 4.24. The Labute approximate surface area is 113 Å². The summed E-state index contributed by atoms with van der Waals surface area (Å²) < 4.78 is 5.73. The monoisotopic (exact) mass is 261 g/mol. The lowest BCUT2D eigenvalue weighted by atomic mass is 10.0. The molecule has 0 spiro atoms. The van der Waals surface area contributed by atoms with Crippen LogP contribution < -0.4 is 4.74 Å². The maximum Gasteiger partial charge on any atom is 0.171 e. The third-order valence-corrected chi connectivity index (χ3v) is 3.22. The standard InChI is InChI=1S/C15H16ClNO/c1-10-7-11(2)13(12(3)8-10)9-18-14-5-4-6-17-15(14)16/h4-8H,9H2,1-3H3. The Kier molecular flexibility index (Phi) is 3.87. The van der Waals surface area contributed by atoms with Gasteiger partial charge in [-0.25, -0.2) is 4.98 Å². The first kappa shape index (κ1) is 12.9. The fourth-order valence-electron chi connectivity index (χ4n) is 2.07. The Balaban J connectivity index is 2.19. The highest BCUT2D eigenvalue weighted by Gasteiger charge is 2.06. The number of aromatic nitrogens is 1. The minimum atomic E-state index is 0.403. The van der Waals surface area contributed by atoms with Gasteiger partial charge in [0.1, 0.15) is 6.61 Å². The molecule has 0 radical (unpaired) electrons. The molecule has 2 nitrogen and oxygen atoms in total. The second-order valence-corrected chi connectivity index (χ2v) is 4.82. The minimum Gasteiger partial charge on any atom is -0.486 e. The number of hydrogen-bond acceptors (Lipinski definition) is 2. The normalized spacial score (nSPS) is 10.4. The molecule has 0 unspecified atom stereocenters. The molecule has 2 rings (SSSR count). The van der Waals surface area contributed by atoms with E-state index in [4.69, 9.17) is 16.3 Å². The lowest BCUT2D eigenvalue weighted by Gasteiger charge is -2.13. The van der Waals surface area contributed by atoms with E-state index < -0.39 is 0 Å². The molecule has 0 saturated carbocycles. The molecule has 3 heteroatoms. The van der Waals surface area contributed by atoms with Gasteiger partial charge < -0.3 is 4.74 Å². The van der Waals surface area contributed by atoms with Gasteiger partial charge in [-0.15, -0.1) is 0 Å². The number of aryl methyl sites for hydroxylation is 3. The van der Waals surface area contributed by atoms with Crippen molar-refractivity contribution >= 4 is 11.6 Å². The fraction of sp³-hybridized carbons (Fsp3) is 0.267. The lowest BCUT2D eigenvalue weighted by molar-refractivity contribution is 0.303. The van der Waals surface area contributed by atoms with Gasteiger partial charge in [-0.1, -0.05) is 29.3 Å². The number of nitrogens with zero attached hydrogens (tertiary/aromatic N) is 1. The third kappa shape index (κ3) is 2.82. The number of ether oxygens (including phenoxy) is 1. The summed E-state index contributed by atoms with van der Waals surface area (Å²) in [5.41, 5.74) is 4.97. The van der Waals surface area contributed by atoms with Crippen molar-refractivity contribution in [3.05, 3.63) is 57.9 Å². The van der Waals surface area contributed by atoms with Crippen LogP contribution >= 0.6 is 11.6 Å². The zero-order valence-corrected chi connectivity index (χ0v) is 11.6. The van der Waals surface area contributed by atoms with Crippen molar-refractivity contribution in [1.82, 2.24) is 4.98 Å². The molecule has 0 saturated heterocycles. The molecule has 0 aliphatic rings. The number of pyridine rings is 1. The molecule has 0 N–H and O–H groups in total. The number of rotatable bonds is 3. The Morgan fingerprint density at radius 3 is 2.44 bits per heavy atom. The van der Waals surface area contributed by atoms with Gasteiger partial charge in [0, 0.05) is 6.20 Å². The van der Waals surface area contributed by atoms with Crippen LogP contribution in [0.2, 0.25) is 5.15 Å². The molecule has 1 aromatic heterocycles. The van der Waals surface area contributed by atoms with Crippen molar-refractivity contribution in [2.75, 3.05) is 0 Å². The molecule has 0 aliphatic carbocycles. The van der Waals surface area contributed by atoms with E-state index in [1.165, 1.54) is 22.3 Å². The Morgan fingerprint density at radius 1 is 1.17 bits per heavy atom. The first-order chi connectivity index (χ1) is 8.58. The molecule has 18 heavy (non-hydrogen) atoms. The van der Waals surface area contributed by atoms with Crippen molar-refractivity contribution in [3.63, 3.8) is 0 Å². The summed E-state index contributed by atoms with van der Waals surface area (Å²) in [6.07, 6.45) is 1.65. The fourth-order valence-corrected chi connectivity index (χ4v) is 2.24. The Bertz CT molecular complexity index is 543. The number of halogens is 1. The quantitative estimate of drug-likeness (QED) is 0.771. The predicted molar refractivity (Wildman–Crippen MR) is 74.2 cm³/mol. The summed E-state index contributed by atoms with van der Waals surface area (Å²) in [6, 6.07) is 7.97. The molecule has 0 bridgehead atoms. The zero-order valence-electron chi connectivity index (χ0n) is 10.8. The van der Waals surface area contributed by atoms with Crippen LogP contribution in [0.3, 0.4) is 0 Å². The first-order valence-electron chi connectivity index (χ1n) is 5.88. The largest absolute Gasteiger partial charge is 0.486 e. The number of hydrogen-bond donors (Lipinski definition) is 0. The van der Waals surface area contributed by atoms with Crippen molar-refractivity contribution in [1.29, 1.82) is 0 Å². The molecular formula is C15H16ClNO. The van der Waals surface area contributed by atoms with Gasteiger partial charge in [0.15, 0.2) is 10.9 Å². The molecule has 0 atom stereocenters. The van der Waals surface area contributed by atoms with Gasteiger partial charge in [0.2, 0.25) is 0 Å². The Hall–Kier alpha value is -1.54. The van der Waals surface area contributed by atoms with Gasteiger partial charge in [-0.05, 0) is 49.6 Å². The van der Waals surface area contributed by atoms with Crippen LogP contribution in [0.4, 0.5) is 0 Å². The molecular weight excluding hydrogens is 246 g/mol. The van der Waals surface area contributed by atoms with E-state index in [-0.39, 0.29) is 0 Å². The van der Waals surface area contributed by atoms with Crippen molar-refractivity contribution in [3.8, 4) is 5.75 Å². The maximum atomic E-state index is 5.96. The van der Waals surface area contributed by atoms with E-state index >= 15 is 0 Å². The lowest BCUT2D eigenvalue weighted by Crippen LogP contribution is -2.02. The zero-order chi connectivity index (χ0) is 13.1. The summed E-state index contributed by atoms with van der Waals surface area (Å²) in [5, 5.41) is 0.403. The van der Waals surface area contributed by atoms with Gasteiger partial charge in [0.05, 0.1) is 0 Å². The van der Waals surface area contributed by atoms with Gasteiger partial charge in [-0.2, -0.15) is 0 Å². The Morgan fingerprint density at radius 2 is 1.83 bits per heavy atom. The average Bonchev–Trinajstić information content (AvgIpc) is 2.30. The van der Waals surface area contributed by atoms with Crippen molar-refractivity contribution < 1.29 is 4.74 Å². The highest BCUT2D eigenvalue weighted by atomic mass is 35.5. The second kappa shape index (κ2) is 5.40.